The zero-order valence-corrected chi connectivity index (χ0v) is 26.8. The first kappa shape index (κ1) is 33.4. The molecule has 0 saturated carbocycles. The minimum absolute atomic E-state index is 0. The maximum atomic E-state index is 13.6. The van der Waals surface area contributed by atoms with Crippen molar-refractivity contribution in [3.8, 4) is 11.5 Å². The number of carbonyl (C=O) groups excluding carboxylic acids is 4. The first-order valence-corrected chi connectivity index (χ1v) is 14.0. The minimum atomic E-state index is -0.783. The molecule has 13 heteroatoms. The van der Waals surface area contributed by atoms with Gasteiger partial charge in [0.25, 0.3) is 11.8 Å². The smallest absolute Gasteiger partial charge is 0.338 e. The van der Waals surface area contributed by atoms with Crippen molar-refractivity contribution in [1.82, 2.24) is 4.90 Å². The average Bonchev–Trinajstić information content (AvgIpc) is 2.97. The summed E-state index contributed by atoms with van der Waals surface area (Å²) in [4.78, 5) is 57.8. The summed E-state index contributed by atoms with van der Waals surface area (Å²) in [5, 5.41) is 2.99. The van der Waals surface area contributed by atoms with Crippen molar-refractivity contribution in [3.05, 3.63) is 75.8 Å². The number of benzene rings is 2. The van der Waals surface area contributed by atoms with Crippen molar-refractivity contribution in [1.29, 1.82) is 0 Å². The van der Waals surface area contributed by atoms with E-state index < -0.39 is 29.8 Å². The molecule has 2 aliphatic heterocycles. The molecule has 0 spiro atoms. The summed E-state index contributed by atoms with van der Waals surface area (Å²) < 4.78 is 21.3. The molecule has 2 heterocycles. The third-order valence-electron chi connectivity index (χ3n) is 6.47. The van der Waals surface area contributed by atoms with E-state index in [1.165, 1.54) is 37.3 Å². The van der Waals surface area contributed by atoms with Gasteiger partial charge in [-0.1, -0.05) is 12.1 Å². The normalized spacial score (nSPS) is 15.8. The van der Waals surface area contributed by atoms with Gasteiger partial charge in [0.15, 0.2) is 16.7 Å². The zero-order valence-electron chi connectivity index (χ0n) is 24.3. The quantitative estimate of drug-likeness (QED) is 0.357. The number of ether oxygens (including phenoxy) is 4. The Labute approximate surface area is 264 Å². The van der Waals surface area contributed by atoms with Gasteiger partial charge in [0.2, 0.25) is 0 Å². The molecular weight excluding hydrogens is 642 g/mol. The molecule has 0 aromatic heterocycles. The second kappa shape index (κ2) is 14.9. The lowest BCUT2D eigenvalue weighted by Gasteiger charge is -2.38. The van der Waals surface area contributed by atoms with Crippen LogP contribution < -0.4 is 14.8 Å². The van der Waals surface area contributed by atoms with Gasteiger partial charge in [0.05, 0.1) is 55.2 Å². The van der Waals surface area contributed by atoms with Crippen molar-refractivity contribution in [3.63, 3.8) is 0 Å². The van der Waals surface area contributed by atoms with Crippen molar-refractivity contribution in [2.24, 2.45) is 4.99 Å². The topological polar surface area (TPSA) is 133 Å². The van der Waals surface area contributed by atoms with Crippen LogP contribution in [0.4, 0.5) is 5.69 Å². The maximum Gasteiger partial charge on any atom is 0.338 e. The molecule has 1 unspecified atom stereocenters. The molecule has 0 fully saturated rings. The molecule has 2 amide bonds. The fraction of sp³-hybridized carbons (Fsp3) is 0.300. The number of aliphatic imine (C=N–C) groups is 1. The van der Waals surface area contributed by atoms with E-state index in [2.05, 4.69) is 10.3 Å². The van der Waals surface area contributed by atoms with Crippen LogP contribution in [0.2, 0.25) is 0 Å². The lowest BCUT2D eigenvalue weighted by Crippen LogP contribution is -2.50. The molecule has 2 aliphatic rings. The van der Waals surface area contributed by atoms with Crippen LogP contribution in [-0.2, 0) is 30.3 Å². The molecule has 0 radical (unpaired) electrons. The first-order chi connectivity index (χ1) is 20.2. The molecule has 11 nitrogen and oxygen atoms in total. The number of thioether (sulfide) groups is 1. The molecule has 0 bridgehead atoms. The largest absolute Gasteiger partial charge is 0.493 e. The summed E-state index contributed by atoms with van der Waals surface area (Å²) in [6.45, 7) is 5.48. The number of esters is 2. The Bertz CT molecular complexity index is 1500. The van der Waals surface area contributed by atoms with Gasteiger partial charge in [0.1, 0.15) is 0 Å². The van der Waals surface area contributed by atoms with E-state index in [4.69, 9.17) is 18.9 Å². The highest BCUT2D eigenvalue weighted by Crippen LogP contribution is 2.39. The van der Waals surface area contributed by atoms with Crippen molar-refractivity contribution in [2.45, 2.75) is 33.2 Å². The number of halogens is 1. The Kier molecular flexibility index (Phi) is 11.6. The van der Waals surface area contributed by atoms with Crippen LogP contribution in [0.15, 0.2) is 69.7 Å². The summed E-state index contributed by atoms with van der Waals surface area (Å²) in [6, 6.07) is 10.8. The van der Waals surface area contributed by atoms with Gasteiger partial charge >= 0.3 is 11.9 Å². The van der Waals surface area contributed by atoms with Crippen molar-refractivity contribution < 1.29 is 38.1 Å². The number of fused-ring (bicyclic) bond motifs is 1. The molecule has 2 aromatic rings. The number of amides is 2. The standard InChI is InChI=1S/C30H31N3O8S.BrH/c1-6-40-28(36)18-11-13-20(14-12-18)32-27(35)23-16-24(34)33-21(15-19-9-8-10-22(38-4)26(19)39-5)25(29(37)41-7-2)17(3)31-30(33)42-23;/h8-14,16,21H,6-7,15H2,1-5H3,(H,32,35);1H. The first-order valence-electron chi connectivity index (χ1n) is 13.2. The Morgan fingerprint density at radius 2 is 1.65 bits per heavy atom. The number of nitrogens with one attached hydrogen (secondary N) is 1. The van der Waals surface area contributed by atoms with Crippen molar-refractivity contribution in [2.75, 3.05) is 32.8 Å². The Balaban J connectivity index is 0.00000506. The summed E-state index contributed by atoms with van der Waals surface area (Å²) in [5.41, 5.74) is 2.10. The second-order valence-corrected chi connectivity index (χ2v) is 10.1. The number of nitrogens with zero attached hydrogens (tertiary/aromatic N) is 2. The maximum absolute atomic E-state index is 13.6. The third kappa shape index (κ3) is 7.28. The van der Waals surface area contributed by atoms with E-state index in [9.17, 15) is 19.2 Å². The SMILES string of the molecule is Br.CCOC(=O)C1=C(C)N=C2SC(C(=O)Nc3ccc(C(=O)OCC)cc3)=CC(=O)N2C1Cc1cccc(OC)c1OC. The molecule has 43 heavy (non-hydrogen) atoms. The number of para-hydroxylation sites is 1. The number of hydrogen-bond donors (Lipinski definition) is 1. The van der Waals surface area contributed by atoms with Crippen LogP contribution in [0, 0.1) is 0 Å². The number of anilines is 1. The monoisotopic (exact) mass is 673 g/mol. The van der Waals surface area contributed by atoms with Crippen LogP contribution in [0.25, 0.3) is 0 Å². The van der Waals surface area contributed by atoms with E-state index in [0.717, 1.165) is 11.8 Å². The highest BCUT2D eigenvalue weighted by atomic mass is 79.9. The van der Waals surface area contributed by atoms with Gasteiger partial charge in [-0.15, -0.1) is 17.0 Å². The van der Waals surface area contributed by atoms with Gasteiger partial charge in [-0.3, -0.25) is 14.5 Å². The van der Waals surface area contributed by atoms with Gasteiger partial charge in [-0.2, -0.15) is 0 Å². The average molecular weight is 675 g/mol. The number of methoxy groups -OCH3 is 2. The number of amidine groups is 1. The molecule has 1 atom stereocenters. The summed E-state index contributed by atoms with van der Waals surface area (Å²) in [5.74, 6) is -1.10. The Hall–Kier alpha value is -4.10. The van der Waals surface area contributed by atoms with Gasteiger partial charge < -0.3 is 24.3 Å². The number of carbonyl (C=O) groups is 4. The molecule has 4 rings (SSSR count). The van der Waals surface area contributed by atoms with Crippen molar-refractivity contribution >= 4 is 63.4 Å². The van der Waals surface area contributed by atoms with Gasteiger partial charge in [0, 0.05) is 23.7 Å². The van der Waals surface area contributed by atoms with Crippen LogP contribution in [0.5, 0.6) is 11.5 Å². The van der Waals surface area contributed by atoms with E-state index in [-0.39, 0.29) is 52.3 Å². The van der Waals surface area contributed by atoms with Gasteiger partial charge in [-0.05, 0) is 62.9 Å². The predicted octanol–water partition coefficient (Wildman–Crippen LogP) is 4.67. The van der Waals surface area contributed by atoms with E-state index in [1.807, 2.05) is 6.07 Å². The lowest BCUT2D eigenvalue weighted by molar-refractivity contribution is -0.139. The fourth-order valence-corrected chi connectivity index (χ4v) is 5.61. The summed E-state index contributed by atoms with van der Waals surface area (Å²) in [7, 11) is 3.04. The molecule has 0 saturated heterocycles. The molecular formula is C30H32BrN3O8S. The number of rotatable bonds is 10. The van der Waals surface area contributed by atoms with Crippen LogP contribution in [-0.4, -0.2) is 67.3 Å². The predicted molar refractivity (Wildman–Crippen MR) is 168 cm³/mol. The summed E-state index contributed by atoms with van der Waals surface area (Å²) in [6.07, 6.45) is 1.41. The van der Waals surface area contributed by atoms with Crippen LogP contribution in [0.1, 0.15) is 36.7 Å². The van der Waals surface area contributed by atoms with E-state index in [0.29, 0.717) is 34.0 Å². The highest BCUT2D eigenvalue weighted by Gasteiger charge is 2.42. The lowest BCUT2D eigenvalue weighted by atomic mass is 9.94. The van der Waals surface area contributed by atoms with Crippen LogP contribution >= 0.6 is 28.7 Å². The van der Waals surface area contributed by atoms with E-state index >= 15 is 0 Å². The Morgan fingerprint density at radius 1 is 0.977 bits per heavy atom. The minimum Gasteiger partial charge on any atom is -0.493 e. The summed E-state index contributed by atoms with van der Waals surface area (Å²) >= 11 is 1.01. The highest BCUT2D eigenvalue weighted by molar-refractivity contribution is 8.93. The second-order valence-electron chi connectivity index (χ2n) is 9.06. The number of hydrogen-bond acceptors (Lipinski definition) is 10. The van der Waals surface area contributed by atoms with Gasteiger partial charge in [-0.25, -0.2) is 14.6 Å². The fourth-order valence-electron chi connectivity index (χ4n) is 4.61. The molecule has 0 aliphatic carbocycles. The number of allylic oxidation sites excluding steroid dienone is 1. The van der Waals surface area contributed by atoms with Crippen LogP contribution in [0.3, 0.4) is 0 Å². The molecule has 2 aromatic carbocycles. The molecule has 1 N–H and O–H groups in total. The Morgan fingerprint density at radius 3 is 2.28 bits per heavy atom. The zero-order chi connectivity index (χ0) is 30.4. The third-order valence-corrected chi connectivity index (χ3v) is 7.46. The molecule has 228 valence electrons. The van der Waals surface area contributed by atoms with E-state index in [1.54, 1.807) is 45.0 Å².